The molecule has 0 aromatic heterocycles. The zero-order valence-electron chi connectivity index (χ0n) is 19.8. The maximum absolute atomic E-state index is 13.3. The second kappa shape index (κ2) is 10.0. The van der Waals surface area contributed by atoms with Crippen molar-refractivity contribution in [1.29, 1.82) is 0 Å². The lowest BCUT2D eigenvalue weighted by atomic mass is 9.89. The van der Waals surface area contributed by atoms with E-state index in [0.29, 0.717) is 30.7 Å². The lowest BCUT2D eigenvalue weighted by molar-refractivity contribution is -0.136. The molecule has 0 bridgehead atoms. The Hall–Kier alpha value is -2.45. The molecule has 1 aliphatic carbocycles. The lowest BCUT2D eigenvalue weighted by Gasteiger charge is -2.39. The highest BCUT2D eigenvalue weighted by molar-refractivity contribution is 6.06. The summed E-state index contributed by atoms with van der Waals surface area (Å²) in [5.74, 6) is -0.746. The van der Waals surface area contributed by atoms with E-state index < -0.39 is 6.04 Å². The number of rotatable bonds is 7. The van der Waals surface area contributed by atoms with Gasteiger partial charge >= 0.3 is 0 Å². The van der Waals surface area contributed by atoms with Crippen LogP contribution < -0.4 is 16.0 Å². The van der Waals surface area contributed by atoms with Crippen molar-refractivity contribution in [2.24, 2.45) is 5.73 Å². The van der Waals surface area contributed by atoms with Gasteiger partial charge in [0, 0.05) is 55.0 Å². The van der Waals surface area contributed by atoms with Gasteiger partial charge in [-0.3, -0.25) is 19.7 Å². The topological polar surface area (TPSA) is 105 Å². The largest absolute Gasteiger partial charge is 0.378 e. The summed E-state index contributed by atoms with van der Waals surface area (Å²) in [6, 6.07) is 6.04. The van der Waals surface area contributed by atoms with Crippen molar-refractivity contribution in [2.75, 3.05) is 18.1 Å². The molecule has 3 aliphatic heterocycles. The average molecular weight is 469 g/mol. The molecule has 1 aromatic carbocycles. The lowest BCUT2D eigenvalue weighted by Crippen LogP contribution is -2.52. The molecular weight excluding hydrogens is 432 g/mol. The normalized spacial score (nSPS) is 29.3. The third-order valence-electron chi connectivity index (χ3n) is 8.00. The zero-order chi connectivity index (χ0) is 23.7. The minimum atomic E-state index is -0.592. The Bertz CT molecular complexity index is 937. The van der Waals surface area contributed by atoms with Crippen LogP contribution >= 0.6 is 0 Å². The van der Waals surface area contributed by atoms with Crippen LogP contribution in [0.1, 0.15) is 80.1 Å². The fraction of sp³-hybridized carbons (Fsp3) is 0.654. The predicted molar refractivity (Wildman–Crippen MR) is 128 cm³/mol. The fourth-order valence-corrected chi connectivity index (χ4v) is 6.11. The number of anilines is 1. The van der Waals surface area contributed by atoms with E-state index in [2.05, 4.69) is 16.3 Å². The number of hydrogen-bond acceptors (Lipinski definition) is 6. The third-order valence-corrected chi connectivity index (χ3v) is 8.00. The molecule has 4 aliphatic rings. The van der Waals surface area contributed by atoms with Gasteiger partial charge in [0.25, 0.3) is 5.91 Å². The van der Waals surface area contributed by atoms with Crippen LogP contribution in [0.5, 0.6) is 0 Å². The number of fused-ring (bicyclic) bond motifs is 1. The van der Waals surface area contributed by atoms with E-state index in [-0.39, 0.29) is 30.2 Å². The standard InChI is InChI=1S/C26H36N4O4/c27-17-8-10-18(11-9-17)29(14-2-4-19-5-3-15-34-19)22-7-1-6-20-21(22)16-30(26(20)33)23-12-13-24(31)28-25(23)32/h1,6-7,17-19,23H,2-5,8-16,27H2,(H,28,31,32). The molecule has 1 aromatic rings. The number of carbonyl (C=O) groups is 3. The van der Waals surface area contributed by atoms with Crippen LogP contribution in [-0.2, 0) is 20.9 Å². The first kappa shape index (κ1) is 23.3. The summed E-state index contributed by atoms with van der Waals surface area (Å²) >= 11 is 0. The summed E-state index contributed by atoms with van der Waals surface area (Å²) in [5.41, 5.74) is 8.99. The number of carbonyl (C=O) groups excluding carboxylic acids is 3. The Kier molecular flexibility index (Phi) is 6.88. The van der Waals surface area contributed by atoms with Gasteiger partial charge in [0.1, 0.15) is 6.04 Å². The van der Waals surface area contributed by atoms with Gasteiger partial charge < -0.3 is 20.3 Å². The predicted octanol–water partition coefficient (Wildman–Crippen LogP) is 2.48. The minimum Gasteiger partial charge on any atom is -0.378 e. The van der Waals surface area contributed by atoms with E-state index in [9.17, 15) is 14.4 Å². The van der Waals surface area contributed by atoms with Crippen molar-refractivity contribution in [2.45, 2.75) is 95.0 Å². The first-order valence-electron chi connectivity index (χ1n) is 12.9. The second-order valence-corrected chi connectivity index (χ2v) is 10.2. The summed E-state index contributed by atoms with van der Waals surface area (Å²) in [6.07, 6.45) is 9.55. The Morgan fingerprint density at radius 3 is 2.65 bits per heavy atom. The number of nitrogens with zero attached hydrogens (tertiary/aromatic N) is 2. The van der Waals surface area contributed by atoms with Crippen LogP contribution in [0.15, 0.2) is 18.2 Å². The number of hydrogen-bond donors (Lipinski definition) is 2. The van der Waals surface area contributed by atoms with Gasteiger partial charge in [-0.15, -0.1) is 0 Å². The molecule has 2 saturated heterocycles. The highest BCUT2D eigenvalue weighted by Crippen LogP contribution is 2.37. The summed E-state index contributed by atoms with van der Waals surface area (Å²) in [4.78, 5) is 41.6. The molecule has 3 fully saturated rings. The highest BCUT2D eigenvalue weighted by Gasteiger charge is 2.40. The molecule has 2 unspecified atom stereocenters. The van der Waals surface area contributed by atoms with E-state index in [4.69, 9.17) is 10.5 Å². The summed E-state index contributed by atoms with van der Waals surface area (Å²) in [6.45, 7) is 2.20. The molecule has 0 radical (unpaired) electrons. The summed E-state index contributed by atoms with van der Waals surface area (Å²) in [5, 5.41) is 2.40. The quantitative estimate of drug-likeness (QED) is 0.596. The van der Waals surface area contributed by atoms with E-state index in [1.54, 1.807) is 4.90 Å². The Morgan fingerprint density at radius 1 is 1.09 bits per heavy atom. The molecule has 1 saturated carbocycles. The van der Waals surface area contributed by atoms with Gasteiger partial charge in [-0.1, -0.05) is 6.07 Å². The van der Waals surface area contributed by atoms with Crippen LogP contribution in [-0.4, -0.2) is 60.0 Å². The highest BCUT2D eigenvalue weighted by atomic mass is 16.5. The van der Waals surface area contributed by atoms with Crippen LogP contribution in [0, 0.1) is 0 Å². The van der Waals surface area contributed by atoms with Gasteiger partial charge in [0.05, 0.1) is 6.10 Å². The third kappa shape index (κ3) is 4.70. The van der Waals surface area contributed by atoms with E-state index in [1.165, 1.54) is 0 Å². The zero-order valence-corrected chi connectivity index (χ0v) is 19.8. The van der Waals surface area contributed by atoms with Crippen LogP contribution in [0.4, 0.5) is 5.69 Å². The van der Waals surface area contributed by atoms with Gasteiger partial charge in [-0.2, -0.15) is 0 Å². The molecule has 5 rings (SSSR count). The SMILES string of the molecule is NC1CCC(N(CCCC2CCCO2)c2cccc3c2CN(C2CCC(=O)NC2=O)C3=O)CC1. The number of imide groups is 1. The number of piperidine rings is 1. The Labute approximate surface area is 201 Å². The molecule has 8 nitrogen and oxygen atoms in total. The van der Waals surface area contributed by atoms with Gasteiger partial charge in [0.15, 0.2) is 0 Å². The fourth-order valence-electron chi connectivity index (χ4n) is 6.11. The van der Waals surface area contributed by atoms with Crippen molar-refractivity contribution >= 4 is 23.4 Å². The van der Waals surface area contributed by atoms with Gasteiger partial charge in [-0.05, 0) is 69.9 Å². The number of nitrogens with one attached hydrogen (secondary N) is 1. The Morgan fingerprint density at radius 2 is 1.91 bits per heavy atom. The summed E-state index contributed by atoms with van der Waals surface area (Å²) in [7, 11) is 0. The van der Waals surface area contributed by atoms with Crippen LogP contribution in [0.2, 0.25) is 0 Å². The van der Waals surface area contributed by atoms with Crippen molar-refractivity contribution in [1.82, 2.24) is 10.2 Å². The maximum atomic E-state index is 13.3. The van der Waals surface area contributed by atoms with E-state index in [1.807, 2.05) is 12.1 Å². The molecule has 8 heteroatoms. The first-order chi connectivity index (χ1) is 16.5. The van der Waals surface area contributed by atoms with Gasteiger partial charge in [0.2, 0.25) is 11.8 Å². The number of benzene rings is 1. The van der Waals surface area contributed by atoms with E-state index in [0.717, 1.165) is 75.8 Å². The smallest absolute Gasteiger partial charge is 0.255 e. The van der Waals surface area contributed by atoms with Crippen LogP contribution in [0.25, 0.3) is 0 Å². The van der Waals surface area contributed by atoms with Crippen molar-refractivity contribution in [3.05, 3.63) is 29.3 Å². The Balaban J connectivity index is 1.37. The number of ether oxygens (including phenoxy) is 1. The first-order valence-corrected chi connectivity index (χ1v) is 12.9. The molecule has 184 valence electrons. The second-order valence-electron chi connectivity index (χ2n) is 10.2. The molecule has 0 spiro atoms. The summed E-state index contributed by atoms with van der Waals surface area (Å²) < 4.78 is 5.84. The maximum Gasteiger partial charge on any atom is 0.255 e. The molecular formula is C26H36N4O4. The van der Waals surface area contributed by atoms with Crippen molar-refractivity contribution < 1.29 is 19.1 Å². The van der Waals surface area contributed by atoms with E-state index >= 15 is 0 Å². The van der Waals surface area contributed by atoms with Gasteiger partial charge in [-0.25, -0.2) is 0 Å². The average Bonchev–Trinajstić information content (AvgIpc) is 3.46. The molecule has 34 heavy (non-hydrogen) atoms. The molecule has 2 atom stereocenters. The van der Waals surface area contributed by atoms with Crippen LogP contribution in [0.3, 0.4) is 0 Å². The monoisotopic (exact) mass is 468 g/mol. The molecule has 3 amide bonds. The molecule has 3 heterocycles. The number of nitrogens with two attached hydrogens (primary N) is 1. The van der Waals surface area contributed by atoms with Crippen molar-refractivity contribution in [3.8, 4) is 0 Å². The molecule has 3 N–H and O–H groups in total. The van der Waals surface area contributed by atoms with Crippen molar-refractivity contribution in [3.63, 3.8) is 0 Å². The minimum absolute atomic E-state index is 0.115. The number of amides is 3.